The van der Waals surface area contributed by atoms with Gasteiger partial charge in [0.1, 0.15) is 0 Å². The molecule has 10 nitrogen and oxygen atoms in total. The van der Waals surface area contributed by atoms with Crippen molar-refractivity contribution in [2.75, 3.05) is 26.3 Å². The third-order valence-corrected chi connectivity index (χ3v) is 8.82. The fourth-order valence-corrected chi connectivity index (χ4v) is 6.19. The van der Waals surface area contributed by atoms with E-state index in [-0.39, 0.29) is 16.6 Å². The van der Waals surface area contributed by atoms with Crippen LogP contribution in [-0.4, -0.2) is 58.7 Å². The number of hydrogen-bond acceptors (Lipinski definition) is 8. The molecule has 1 aromatic heterocycles. The lowest BCUT2D eigenvalue weighted by atomic mass is 10.2. The van der Waals surface area contributed by atoms with Gasteiger partial charge in [-0.25, -0.2) is 8.42 Å². The van der Waals surface area contributed by atoms with Gasteiger partial charge in [0, 0.05) is 42.6 Å². The Morgan fingerprint density at radius 3 is 2.51 bits per heavy atom. The fourth-order valence-electron chi connectivity index (χ4n) is 3.75. The minimum absolute atomic E-state index is 0.0516. The summed E-state index contributed by atoms with van der Waals surface area (Å²) in [6, 6.07) is 13.3. The Bertz CT molecular complexity index is 1290. The molecule has 12 heteroatoms. The van der Waals surface area contributed by atoms with E-state index in [4.69, 9.17) is 4.74 Å². The predicted molar refractivity (Wildman–Crippen MR) is 133 cm³/mol. The molecule has 0 saturated carbocycles. The van der Waals surface area contributed by atoms with Crippen molar-refractivity contribution in [1.82, 2.24) is 19.1 Å². The third-order valence-electron chi connectivity index (χ3n) is 5.91. The molecule has 0 amide bonds. The lowest BCUT2D eigenvalue weighted by Gasteiger charge is -2.26. The van der Waals surface area contributed by atoms with Crippen molar-refractivity contribution in [3.8, 4) is 11.4 Å². The molecule has 1 aliphatic rings. The first-order valence-electron chi connectivity index (χ1n) is 11.3. The van der Waals surface area contributed by atoms with E-state index in [0.717, 1.165) is 12.0 Å². The number of rotatable bonds is 9. The van der Waals surface area contributed by atoms with Crippen LogP contribution >= 0.6 is 11.8 Å². The Balaban J connectivity index is 1.62. The number of hydrogen-bond donors (Lipinski definition) is 0. The summed E-state index contributed by atoms with van der Waals surface area (Å²) in [6.45, 7) is 5.57. The maximum Gasteiger partial charge on any atom is 0.269 e. The highest BCUT2D eigenvalue weighted by Crippen LogP contribution is 2.32. The Kier molecular flexibility index (Phi) is 7.85. The van der Waals surface area contributed by atoms with Gasteiger partial charge in [0.05, 0.1) is 23.0 Å². The first kappa shape index (κ1) is 25.3. The maximum atomic E-state index is 13.2. The van der Waals surface area contributed by atoms with Crippen molar-refractivity contribution in [3.63, 3.8) is 0 Å². The van der Waals surface area contributed by atoms with Crippen LogP contribution in [-0.2, 0) is 20.5 Å². The van der Waals surface area contributed by atoms with Crippen molar-refractivity contribution in [2.24, 2.45) is 0 Å². The minimum Gasteiger partial charge on any atom is -0.379 e. The lowest BCUT2D eigenvalue weighted by Crippen LogP contribution is -2.40. The highest BCUT2D eigenvalue weighted by atomic mass is 32.2. The molecule has 2 aromatic carbocycles. The van der Waals surface area contributed by atoms with Gasteiger partial charge < -0.3 is 4.74 Å². The number of thioether (sulfide) groups is 1. The van der Waals surface area contributed by atoms with Crippen molar-refractivity contribution in [1.29, 1.82) is 0 Å². The normalized spacial score (nSPS) is 15.7. The second kappa shape index (κ2) is 10.9. The summed E-state index contributed by atoms with van der Waals surface area (Å²) in [5.74, 6) is 1.17. The number of morpholine rings is 1. The average Bonchev–Trinajstić information content (AvgIpc) is 3.32. The summed E-state index contributed by atoms with van der Waals surface area (Å²) in [6.07, 6.45) is 0.835. The van der Waals surface area contributed by atoms with Gasteiger partial charge in [-0.2, -0.15) is 4.31 Å². The van der Waals surface area contributed by atoms with Gasteiger partial charge in [-0.3, -0.25) is 14.7 Å². The molecule has 35 heavy (non-hydrogen) atoms. The second-order valence-corrected chi connectivity index (χ2v) is 11.1. The van der Waals surface area contributed by atoms with Crippen molar-refractivity contribution < 1.29 is 18.1 Å². The largest absolute Gasteiger partial charge is 0.379 e. The van der Waals surface area contributed by atoms with E-state index in [0.29, 0.717) is 48.6 Å². The van der Waals surface area contributed by atoms with Crippen LogP contribution in [0.3, 0.4) is 0 Å². The molecule has 0 radical (unpaired) electrons. The number of ether oxygens (including phenoxy) is 1. The molecule has 3 aromatic rings. The van der Waals surface area contributed by atoms with E-state index in [1.807, 2.05) is 10.6 Å². The zero-order chi connectivity index (χ0) is 25.0. The molecule has 1 atom stereocenters. The molecule has 0 spiro atoms. The molecule has 0 aliphatic carbocycles. The minimum atomic E-state index is -3.64. The SMILES string of the molecule is CCC(C)n1c(SCc2ccc([N+](=O)[O-])cc2)nnc1-c1cccc(S(=O)(=O)N2CCOCC2)c1. The van der Waals surface area contributed by atoms with E-state index in [1.165, 1.54) is 28.2 Å². The lowest BCUT2D eigenvalue weighted by molar-refractivity contribution is -0.384. The summed E-state index contributed by atoms with van der Waals surface area (Å²) in [4.78, 5) is 10.7. The maximum absolute atomic E-state index is 13.2. The van der Waals surface area contributed by atoms with E-state index >= 15 is 0 Å². The van der Waals surface area contributed by atoms with Gasteiger partial charge in [0.25, 0.3) is 5.69 Å². The van der Waals surface area contributed by atoms with Crippen molar-refractivity contribution in [3.05, 3.63) is 64.2 Å². The Labute approximate surface area is 208 Å². The Morgan fingerprint density at radius 1 is 1.14 bits per heavy atom. The van der Waals surface area contributed by atoms with Crippen LogP contribution in [0.4, 0.5) is 5.69 Å². The summed E-state index contributed by atoms with van der Waals surface area (Å²) in [5, 5.41) is 20.4. The van der Waals surface area contributed by atoms with Crippen molar-refractivity contribution >= 4 is 27.5 Å². The zero-order valence-corrected chi connectivity index (χ0v) is 21.2. The highest BCUT2D eigenvalue weighted by molar-refractivity contribution is 7.98. The Hall–Kier alpha value is -2.80. The summed E-state index contributed by atoms with van der Waals surface area (Å²) in [7, 11) is -3.64. The molecule has 1 saturated heterocycles. The first-order valence-corrected chi connectivity index (χ1v) is 13.7. The number of aromatic nitrogens is 3. The van der Waals surface area contributed by atoms with Crippen LogP contribution in [0.5, 0.6) is 0 Å². The summed E-state index contributed by atoms with van der Waals surface area (Å²) < 4.78 is 35.1. The first-order chi connectivity index (χ1) is 16.8. The third kappa shape index (κ3) is 5.56. The van der Waals surface area contributed by atoms with Crippen LogP contribution in [0.1, 0.15) is 31.9 Å². The number of nitrogens with zero attached hydrogens (tertiary/aromatic N) is 5. The van der Waals surface area contributed by atoms with Crippen LogP contribution in [0.15, 0.2) is 58.6 Å². The molecular weight excluding hydrogens is 490 g/mol. The van der Waals surface area contributed by atoms with E-state index in [9.17, 15) is 18.5 Å². The molecule has 0 bridgehead atoms. The van der Waals surface area contributed by atoms with Gasteiger partial charge >= 0.3 is 0 Å². The molecule has 186 valence electrons. The zero-order valence-electron chi connectivity index (χ0n) is 19.5. The molecule has 1 unspecified atom stereocenters. The number of non-ortho nitro benzene ring substituents is 1. The number of sulfonamides is 1. The molecule has 0 N–H and O–H groups in total. The van der Waals surface area contributed by atoms with Crippen LogP contribution in [0.2, 0.25) is 0 Å². The molecule has 1 aliphatic heterocycles. The van der Waals surface area contributed by atoms with Crippen LogP contribution in [0, 0.1) is 10.1 Å². The highest BCUT2D eigenvalue weighted by Gasteiger charge is 2.27. The quantitative estimate of drug-likeness (QED) is 0.236. The summed E-state index contributed by atoms with van der Waals surface area (Å²) in [5.41, 5.74) is 1.66. The topological polar surface area (TPSA) is 120 Å². The fraction of sp³-hybridized carbons (Fsp3) is 0.391. The van der Waals surface area contributed by atoms with Crippen molar-refractivity contribution in [2.45, 2.75) is 42.1 Å². The van der Waals surface area contributed by atoms with E-state index in [1.54, 1.807) is 30.3 Å². The van der Waals surface area contributed by atoms with Crippen LogP contribution in [0.25, 0.3) is 11.4 Å². The Morgan fingerprint density at radius 2 is 1.86 bits per heavy atom. The predicted octanol–water partition coefficient (Wildman–Crippen LogP) is 4.14. The average molecular weight is 518 g/mol. The monoisotopic (exact) mass is 517 g/mol. The van der Waals surface area contributed by atoms with Gasteiger partial charge in [-0.1, -0.05) is 43.0 Å². The number of nitro groups is 1. The smallest absolute Gasteiger partial charge is 0.269 e. The van der Waals surface area contributed by atoms with E-state index < -0.39 is 14.9 Å². The van der Waals surface area contributed by atoms with Crippen LogP contribution < -0.4 is 0 Å². The number of nitro benzene ring substituents is 1. The van der Waals surface area contributed by atoms with Gasteiger partial charge in [-0.15, -0.1) is 10.2 Å². The molecule has 2 heterocycles. The van der Waals surface area contributed by atoms with Gasteiger partial charge in [0.15, 0.2) is 11.0 Å². The van der Waals surface area contributed by atoms with Gasteiger partial charge in [-0.05, 0) is 31.0 Å². The summed E-state index contributed by atoms with van der Waals surface area (Å²) >= 11 is 1.49. The van der Waals surface area contributed by atoms with Gasteiger partial charge in [0.2, 0.25) is 10.0 Å². The molecular formula is C23H27N5O5S2. The second-order valence-electron chi connectivity index (χ2n) is 8.19. The standard InChI is InChI=1S/C23H27N5O5S2/c1-3-17(2)27-22(24-25-23(27)34-16-18-7-9-20(10-8-18)28(29)30)19-5-4-6-21(15-19)35(31,32)26-11-13-33-14-12-26/h4-10,15,17H,3,11-14,16H2,1-2H3. The number of benzene rings is 2. The van der Waals surface area contributed by atoms with E-state index in [2.05, 4.69) is 24.0 Å². The molecule has 1 fully saturated rings. The molecule has 4 rings (SSSR count).